The zero-order valence-corrected chi connectivity index (χ0v) is 12.0. The molecule has 1 N–H and O–H groups in total. The van der Waals surface area contributed by atoms with Crippen LogP contribution in [0.15, 0.2) is 18.2 Å². The van der Waals surface area contributed by atoms with Crippen molar-refractivity contribution >= 4 is 0 Å². The van der Waals surface area contributed by atoms with Gasteiger partial charge in [0.25, 0.3) is 0 Å². The second-order valence-electron chi connectivity index (χ2n) is 5.75. The molecule has 2 atom stereocenters. The van der Waals surface area contributed by atoms with Crippen LogP contribution >= 0.6 is 0 Å². The van der Waals surface area contributed by atoms with Crippen LogP contribution < -0.4 is 9.47 Å². The number of ether oxygens (including phenoxy) is 2. The van der Waals surface area contributed by atoms with Crippen molar-refractivity contribution in [2.24, 2.45) is 0 Å². The molecule has 0 radical (unpaired) electrons. The number of nitrogens with zero attached hydrogens (tertiary/aromatic N) is 1. The van der Waals surface area contributed by atoms with E-state index in [1.807, 2.05) is 13.0 Å². The predicted molar refractivity (Wildman–Crippen MR) is 77.2 cm³/mol. The molecule has 1 aromatic carbocycles. The number of hydrogen-bond donors (Lipinski definition) is 1. The highest BCUT2D eigenvalue weighted by Crippen LogP contribution is 2.32. The van der Waals surface area contributed by atoms with Gasteiger partial charge >= 0.3 is 0 Å². The zero-order valence-electron chi connectivity index (χ0n) is 12.0. The maximum atomic E-state index is 9.93. The Bertz CT molecular complexity index is 461. The Morgan fingerprint density at radius 1 is 1.25 bits per heavy atom. The van der Waals surface area contributed by atoms with Gasteiger partial charge in [-0.25, -0.2) is 0 Å². The molecule has 2 heterocycles. The van der Waals surface area contributed by atoms with E-state index >= 15 is 0 Å². The number of benzene rings is 1. The van der Waals surface area contributed by atoms with Gasteiger partial charge in [0, 0.05) is 12.6 Å². The van der Waals surface area contributed by atoms with E-state index in [-0.39, 0.29) is 12.1 Å². The van der Waals surface area contributed by atoms with E-state index in [0.717, 1.165) is 31.0 Å². The second kappa shape index (κ2) is 6.02. The van der Waals surface area contributed by atoms with Crippen LogP contribution in [0.5, 0.6) is 11.5 Å². The van der Waals surface area contributed by atoms with Crippen molar-refractivity contribution in [2.75, 3.05) is 19.8 Å². The topological polar surface area (TPSA) is 41.9 Å². The maximum absolute atomic E-state index is 9.93. The quantitative estimate of drug-likeness (QED) is 0.919. The summed E-state index contributed by atoms with van der Waals surface area (Å²) >= 11 is 0. The van der Waals surface area contributed by atoms with Crippen molar-refractivity contribution in [3.63, 3.8) is 0 Å². The number of rotatable bonds is 3. The molecule has 0 saturated carbocycles. The van der Waals surface area contributed by atoms with Crippen molar-refractivity contribution in [2.45, 2.75) is 44.9 Å². The van der Waals surface area contributed by atoms with E-state index in [2.05, 4.69) is 17.0 Å². The SMILES string of the molecule is C[C@@H](O)[C@H]1CCCCN1Cc1ccc2c(c1)OCCO2. The van der Waals surface area contributed by atoms with Crippen molar-refractivity contribution in [1.82, 2.24) is 4.90 Å². The molecule has 0 aliphatic carbocycles. The second-order valence-corrected chi connectivity index (χ2v) is 5.75. The highest BCUT2D eigenvalue weighted by atomic mass is 16.6. The van der Waals surface area contributed by atoms with Crippen LogP contribution in [-0.4, -0.2) is 41.9 Å². The highest BCUT2D eigenvalue weighted by Gasteiger charge is 2.26. The Balaban J connectivity index is 1.73. The first-order valence-corrected chi connectivity index (χ1v) is 7.54. The number of aliphatic hydroxyl groups excluding tert-OH is 1. The lowest BCUT2D eigenvalue weighted by Crippen LogP contribution is -2.45. The molecule has 110 valence electrons. The monoisotopic (exact) mass is 277 g/mol. The number of piperidine rings is 1. The average molecular weight is 277 g/mol. The van der Waals surface area contributed by atoms with Gasteiger partial charge in [0.05, 0.1) is 6.10 Å². The molecule has 4 nitrogen and oxygen atoms in total. The van der Waals surface area contributed by atoms with Crippen molar-refractivity contribution in [1.29, 1.82) is 0 Å². The summed E-state index contributed by atoms with van der Waals surface area (Å²) in [6.45, 7) is 5.07. The first-order valence-electron chi connectivity index (χ1n) is 7.54. The summed E-state index contributed by atoms with van der Waals surface area (Å²) in [6.07, 6.45) is 3.25. The summed E-state index contributed by atoms with van der Waals surface area (Å²) < 4.78 is 11.2. The molecule has 3 rings (SSSR count). The molecule has 20 heavy (non-hydrogen) atoms. The van der Waals surface area contributed by atoms with Crippen LogP contribution in [0.25, 0.3) is 0 Å². The van der Waals surface area contributed by atoms with Gasteiger partial charge in [-0.2, -0.15) is 0 Å². The minimum absolute atomic E-state index is 0.271. The van der Waals surface area contributed by atoms with Gasteiger partial charge < -0.3 is 14.6 Å². The summed E-state index contributed by atoms with van der Waals surface area (Å²) in [5.41, 5.74) is 1.22. The minimum Gasteiger partial charge on any atom is -0.486 e. The van der Waals surface area contributed by atoms with E-state index in [1.165, 1.54) is 18.4 Å². The van der Waals surface area contributed by atoms with Crippen LogP contribution in [0.4, 0.5) is 0 Å². The fourth-order valence-corrected chi connectivity index (χ4v) is 3.18. The molecular formula is C16H23NO3. The molecule has 0 amide bonds. The van der Waals surface area contributed by atoms with E-state index in [0.29, 0.717) is 13.2 Å². The van der Waals surface area contributed by atoms with Crippen LogP contribution in [0.3, 0.4) is 0 Å². The summed E-state index contributed by atoms with van der Waals surface area (Å²) in [6, 6.07) is 6.44. The van der Waals surface area contributed by atoms with Gasteiger partial charge in [-0.1, -0.05) is 12.5 Å². The molecule has 1 aromatic rings. The number of fused-ring (bicyclic) bond motifs is 1. The first kappa shape index (κ1) is 13.7. The van der Waals surface area contributed by atoms with Crippen LogP contribution in [-0.2, 0) is 6.54 Å². The summed E-state index contributed by atoms with van der Waals surface area (Å²) in [5.74, 6) is 1.69. The predicted octanol–water partition coefficient (Wildman–Crippen LogP) is 2.19. The Kier molecular flexibility index (Phi) is 4.13. The molecule has 0 spiro atoms. The average Bonchev–Trinajstić information content (AvgIpc) is 2.47. The number of aliphatic hydroxyl groups is 1. The summed E-state index contributed by atoms with van der Waals surface area (Å²) in [7, 11) is 0. The number of hydrogen-bond acceptors (Lipinski definition) is 4. The van der Waals surface area contributed by atoms with E-state index in [4.69, 9.17) is 9.47 Å². The largest absolute Gasteiger partial charge is 0.486 e. The van der Waals surface area contributed by atoms with Gasteiger partial charge in [0.2, 0.25) is 0 Å². The molecule has 2 aliphatic heterocycles. The van der Waals surface area contributed by atoms with E-state index < -0.39 is 0 Å². The summed E-state index contributed by atoms with van der Waals surface area (Å²) in [4.78, 5) is 2.39. The third kappa shape index (κ3) is 2.91. The Hall–Kier alpha value is -1.26. The third-order valence-electron chi connectivity index (χ3n) is 4.21. The molecule has 0 aromatic heterocycles. The van der Waals surface area contributed by atoms with Crippen molar-refractivity contribution in [3.05, 3.63) is 23.8 Å². The Labute approximate surface area is 120 Å². The molecular weight excluding hydrogens is 254 g/mol. The molecule has 1 fully saturated rings. The lowest BCUT2D eigenvalue weighted by Gasteiger charge is -2.37. The fraction of sp³-hybridized carbons (Fsp3) is 0.625. The van der Waals surface area contributed by atoms with Crippen molar-refractivity contribution in [3.8, 4) is 11.5 Å². The van der Waals surface area contributed by atoms with Crippen LogP contribution in [0, 0.1) is 0 Å². The molecule has 0 bridgehead atoms. The smallest absolute Gasteiger partial charge is 0.161 e. The third-order valence-corrected chi connectivity index (χ3v) is 4.21. The van der Waals surface area contributed by atoms with E-state index in [9.17, 15) is 5.11 Å². The summed E-state index contributed by atoms with van der Waals surface area (Å²) in [5, 5.41) is 9.93. The fourth-order valence-electron chi connectivity index (χ4n) is 3.18. The maximum Gasteiger partial charge on any atom is 0.161 e. The molecule has 2 aliphatic rings. The first-order chi connectivity index (χ1) is 9.74. The van der Waals surface area contributed by atoms with Gasteiger partial charge in [-0.15, -0.1) is 0 Å². The van der Waals surface area contributed by atoms with Gasteiger partial charge in [-0.05, 0) is 44.0 Å². The van der Waals surface area contributed by atoms with Gasteiger partial charge in [0.1, 0.15) is 13.2 Å². The Morgan fingerprint density at radius 3 is 2.85 bits per heavy atom. The lowest BCUT2D eigenvalue weighted by molar-refractivity contribution is 0.0316. The normalized spacial score (nSPS) is 24.4. The number of likely N-dealkylation sites (tertiary alicyclic amines) is 1. The molecule has 1 saturated heterocycles. The molecule has 4 heteroatoms. The van der Waals surface area contributed by atoms with E-state index in [1.54, 1.807) is 0 Å². The zero-order chi connectivity index (χ0) is 13.9. The molecule has 0 unspecified atom stereocenters. The minimum atomic E-state index is -0.271. The standard InChI is InChI=1S/C16H23NO3/c1-12(18)14-4-2-3-7-17(14)11-13-5-6-15-16(10-13)20-9-8-19-15/h5-6,10,12,14,18H,2-4,7-9,11H2,1H3/t12-,14-/m1/s1. The van der Waals surface area contributed by atoms with Crippen LogP contribution in [0.2, 0.25) is 0 Å². The van der Waals surface area contributed by atoms with Crippen LogP contribution in [0.1, 0.15) is 31.7 Å². The van der Waals surface area contributed by atoms with Gasteiger partial charge in [0.15, 0.2) is 11.5 Å². The Morgan fingerprint density at radius 2 is 2.05 bits per heavy atom. The van der Waals surface area contributed by atoms with Crippen molar-refractivity contribution < 1.29 is 14.6 Å². The highest BCUT2D eigenvalue weighted by molar-refractivity contribution is 5.43. The van der Waals surface area contributed by atoms with Gasteiger partial charge in [-0.3, -0.25) is 4.90 Å². The lowest BCUT2D eigenvalue weighted by atomic mass is 9.97.